The number of ether oxygens (including phenoxy) is 1. The van der Waals surface area contributed by atoms with Crippen LogP contribution in [0.25, 0.3) is 0 Å². The Morgan fingerprint density at radius 3 is 2.74 bits per heavy atom. The van der Waals surface area contributed by atoms with E-state index in [2.05, 4.69) is 4.72 Å². The molecule has 0 saturated carbocycles. The van der Waals surface area contributed by atoms with Gasteiger partial charge < -0.3 is 10.5 Å². The van der Waals surface area contributed by atoms with Crippen molar-refractivity contribution in [3.8, 4) is 11.8 Å². The van der Waals surface area contributed by atoms with Gasteiger partial charge in [0, 0.05) is 6.54 Å². The molecule has 0 amide bonds. The summed E-state index contributed by atoms with van der Waals surface area (Å²) in [5.41, 5.74) is 6.17. The van der Waals surface area contributed by atoms with Gasteiger partial charge in [-0.25, -0.2) is 13.1 Å². The summed E-state index contributed by atoms with van der Waals surface area (Å²) >= 11 is 0. The topological polar surface area (TPSA) is 105 Å². The molecule has 6 nitrogen and oxygen atoms in total. The van der Waals surface area contributed by atoms with Crippen LogP contribution in [0.3, 0.4) is 0 Å². The van der Waals surface area contributed by atoms with E-state index in [0.29, 0.717) is 11.4 Å². The average Bonchev–Trinajstić information content (AvgIpc) is 2.37. The van der Waals surface area contributed by atoms with Crippen LogP contribution >= 0.6 is 0 Å². The van der Waals surface area contributed by atoms with E-state index in [4.69, 9.17) is 15.7 Å². The van der Waals surface area contributed by atoms with Gasteiger partial charge in [-0.3, -0.25) is 0 Å². The highest BCUT2D eigenvalue weighted by Gasteiger charge is 2.22. The minimum atomic E-state index is -3.61. The largest absolute Gasteiger partial charge is 0.490 e. The van der Waals surface area contributed by atoms with Crippen molar-refractivity contribution in [3.63, 3.8) is 0 Å². The second kappa shape index (κ2) is 6.97. The zero-order valence-electron chi connectivity index (χ0n) is 10.7. The third-order valence-electron chi connectivity index (χ3n) is 2.47. The number of para-hydroxylation sites is 2. The summed E-state index contributed by atoms with van der Waals surface area (Å²) < 4.78 is 31.0. The molecule has 0 bridgehead atoms. The Balaban J connectivity index is 2.44. The Morgan fingerprint density at radius 1 is 1.47 bits per heavy atom. The van der Waals surface area contributed by atoms with E-state index in [9.17, 15) is 8.42 Å². The number of rotatable bonds is 7. The molecule has 0 aliphatic carbocycles. The van der Waals surface area contributed by atoms with Gasteiger partial charge in [0.25, 0.3) is 0 Å². The molecule has 0 aliphatic rings. The minimum absolute atomic E-state index is 0.0921. The molecule has 0 saturated heterocycles. The zero-order chi connectivity index (χ0) is 14.3. The maximum Gasteiger partial charge on any atom is 0.228 e. The van der Waals surface area contributed by atoms with Crippen LogP contribution < -0.4 is 15.2 Å². The molecule has 3 N–H and O–H groups in total. The molecular formula is C12H17N3O3S. The summed E-state index contributed by atoms with van der Waals surface area (Å²) in [6.07, 6.45) is 0.248. The van der Waals surface area contributed by atoms with Crippen LogP contribution in [-0.4, -0.2) is 26.8 Å². The lowest BCUT2D eigenvalue weighted by Gasteiger charge is -2.11. The van der Waals surface area contributed by atoms with E-state index in [1.165, 1.54) is 0 Å². The number of nitrogens with zero attached hydrogens (tertiary/aromatic N) is 1. The lowest BCUT2D eigenvalue weighted by atomic mass is 10.3. The highest BCUT2D eigenvalue weighted by Crippen LogP contribution is 2.19. The number of benzene rings is 1. The number of anilines is 1. The Labute approximate surface area is 113 Å². The summed E-state index contributed by atoms with van der Waals surface area (Å²) in [5, 5.41) is 7.68. The molecule has 0 aromatic heterocycles. The quantitative estimate of drug-likeness (QED) is 0.570. The molecule has 19 heavy (non-hydrogen) atoms. The van der Waals surface area contributed by atoms with E-state index in [-0.39, 0.29) is 19.6 Å². The van der Waals surface area contributed by atoms with Crippen LogP contribution in [0.15, 0.2) is 24.3 Å². The molecule has 0 spiro atoms. The van der Waals surface area contributed by atoms with Crippen LogP contribution in [0.1, 0.15) is 13.3 Å². The molecule has 0 heterocycles. The number of nitrogen functional groups attached to an aromatic ring is 1. The fourth-order valence-electron chi connectivity index (χ4n) is 1.44. The molecule has 1 aromatic rings. The third kappa shape index (κ3) is 4.43. The first-order valence-electron chi connectivity index (χ1n) is 5.86. The third-order valence-corrected chi connectivity index (χ3v) is 4.27. The van der Waals surface area contributed by atoms with Gasteiger partial charge in [-0.05, 0) is 18.6 Å². The summed E-state index contributed by atoms with van der Waals surface area (Å²) in [4.78, 5) is 0. The van der Waals surface area contributed by atoms with Crippen molar-refractivity contribution in [3.05, 3.63) is 24.3 Å². The standard InChI is InChI=1S/C12H17N3O3S/c1-2-10(9-13)19(16,17)15-7-8-18-12-6-4-3-5-11(12)14/h3-6,10,15H,2,7-8,14H2,1H3. The number of nitriles is 1. The smallest absolute Gasteiger partial charge is 0.228 e. The molecule has 104 valence electrons. The first kappa shape index (κ1) is 15.3. The number of nitrogens with one attached hydrogen (secondary N) is 1. The van der Waals surface area contributed by atoms with Crippen LogP contribution in [-0.2, 0) is 10.0 Å². The van der Waals surface area contributed by atoms with Crippen LogP contribution in [0.5, 0.6) is 5.75 Å². The van der Waals surface area contributed by atoms with E-state index in [1.807, 2.05) is 0 Å². The molecule has 1 unspecified atom stereocenters. The van der Waals surface area contributed by atoms with Gasteiger partial charge in [0.15, 0.2) is 5.25 Å². The van der Waals surface area contributed by atoms with Gasteiger partial charge in [-0.15, -0.1) is 0 Å². The van der Waals surface area contributed by atoms with Crippen molar-refractivity contribution in [1.82, 2.24) is 4.72 Å². The molecule has 0 fully saturated rings. The normalized spacial score (nSPS) is 12.6. The van der Waals surface area contributed by atoms with Crippen LogP contribution in [0.2, 0.25) is 0 Å². The minimum Gasteiger partial charge on any atom is -0.490 e. The second-order valence-electron chi connectivity index (χ2n) is 3.85. The predicted octanol–water partition coefficient (Wildman–Crippen LogP) is 0.869. The molecule has 0 aliphatic heterocycles. The first-order valence-corrected chi connectivity index (χ1v) is 7.41. The van der Waals surface area contributed by atoms with Gasteiger partial charge in [-0.2, -0.15) is 5.26 Å². The van der Waals surface area contributed by atoms with Gasteiger partial charge in [0.1, 0.15) is 12.4 Å². The number of sulfonamides is 1. The summed E-state index contributed by atoms with van der Waals surface area (Å²) in [5.74, 6) is 0.508. The molecule has 1 atom stereocenters. The Hall–Kier alpha value is -1.78. The fourth-order valence-corrected chi connectivity index (χ4v) is 2.58. The van der Waals surface area contributed by atoms with E-state index < -0.39 is 15.3 Å². The van der Waals surface area contributed by atoms with Crippen molar-refractivity contribution in [2.45, 2.75) is 18.6 Å². The molecular weight excluding hydrogens is 266 g/mol. The van der Waals surface area contributed by atoms with Crippen molar-refractivity contribution < 1.29 is 13.2 Å². The maximum atomic E-state index is 11.7. The lowest BCUT2D eigenvalue weighted by molar-refractivity contribution is 0.324. The molecule has 1 aromatic carbocycles. The summed E-state index contributed by atoms with van der Waals surface area (Å²) in [7, 11) is -3.61. The highest BCUT2D eigenvalue weighted by atomic mass is 32.2. The number of nitrogens with two attached hydrogens (primary N) is 1. The SMILES string of the molecule is CCC(C#N)S(=O)(=O)NCCOc1ccccc1N. The highest BCUT2D eigenvalue weighted by molar-refractivity contribution is 7.90. The van der Waals surface area contributed by atoms with Crippen molar-refractivity contribution in [2.24, 2.45) is 0 Å². The van der Waals surface area contributed by atoms with Crippen LogP contribution in [0, 0.1) is 11.3 Å². The zero-order valence-corrected chi connectivity index (χ0v) is 11.5. The predicted molar refractivity (Wildman–Crippen MR) is 73.0 cm³/mol. The molecule has 7 heteroatoms. The van der Waals surface area contributed by atoms with E-state index >= 15 is 0 Å². The van der Waals surface area contributed by atoms with Crippen molar-refractivity contribution in [2.75, 3.05) is 18.9 Å². The van der Waals surface area contributed by atoms with Gasteiger partial charge in [0.05, 0.1) is 11.8 Å². The monoisotopic (exact) mass is 283 g/mol. The lowest BCUT2D eigenvalue weighted by Crippen LogP contribution is -2.35. The van der Waals surface area contributed by atoms with Gasteiger partial charge in [0.2, 0.25) is 10.0 Å². The molecule has 0 radical (unpaired) electrons. The first-order chi connectivity index (χ1) is 9.01. The molecule has 1 rings (SSSR count). The fraction of sp³-hybridized carbons (Fsp3) is 0.417. The number of hydrogen-bond donors (Lipinski definition) is 2. The summed E-state index contributed by atoms with van der Waals surface area (Å²) in [6, 6.07) is 8.71. The Morgan fingerprint density at radius 2 is 2.16 bits per heavy atom. The van der Waals surface area contributed by atoms with E-state index in [1.54, 1.807) is 37.3 Å². The van der Waals surface area contributed by atoms with E-state index in [0.717, 1.165) is 0 Å². The maximum absolute atomic E-state index is 11.7. The summed E-state index contributed by atoms with van der Waals surface area (Å²) in [6.45, 7) is 1.89. The Kier molecular flexibility index (Phi) is 5.60. The van der Waals surface area contributed by atoms with Crippen molar-refractivity contribution >= 4 is 15.7 Å². The second-order valence-corrected chi connectivity index (χ2v) is 5.80. The Bertz CT molecular complexity index is 552. The average molecular weight is 283 g/mol. The van der Waals surface area contributed by atoms with Crippen LogP contribution in [0.4, 0.5) is 5.69 Å². The van der Waals surface area contributed by atoms with Gasteiger partial charge in [-0.1, -0.05) is 19.1 Å². The number of hydrogen-bond acceptors (Lipinski definition) is 5. The van der Waals surface area contributed by atoms with Gasteiger partial charge >= 0.3 is 0 Å². The van der Waals surface area contributed by atoms with Crippen molar-refractivity contribution in [1.29, 1.82) is 5.26 Å².